The molecule has 2 N–H and O–H groups in total. The molecule has 2 aromatic carbocycles. The third-order valence-electron chi connectivity index (χ3n) is 6.40. The third-order valence-corrected chi connectivity index (χ3v) is 7.54. The number of aromatic nitrogens is 1. The maximum Gasteiger partial charge on any atom is 0.268 e. The zero-order chi connectivity index (χ0) is 22.5. The molecule has 0 radical (unpaired) electrons. The number of methoxy groups -OCH3 is 1. The molecule has 0 spiro atoms. The number of hydrogen-bond acceptors (Lipinski definition) is 4. The average molecular weight is 452 g/mol. The van der Waals surface area contributed by atoms with Crippen LogP contribution >= 0.6 is 11.8 Å². The van der Waals surface area contributed by atoms with E-state index in [0.29, 0.717) is 24.3 Å². The van der Waals surface area contributed by atoms with Gasteiger partial charge in [-0.2, -0.15) is 0 Å². The molecule has 6 heteroatoms. The van der Waals surface area contributed by atoms with E-state index < -0.39 is 0 Å². The quantitative estimate of drug-likeness (QED) is 0.431. The van der Waals surface area contributed by atoms with Gasteiger partial charge in [0.25, 0.3) is 5.91 Å². The van der Waals surface area contributed by atoms with Crippen molar-refractivity contribution in [1.29, 1.82) is 0 Å². The van der Waals surface area contributed by atoms with E-state index in [2.05, 4.69) is 41.2 Å². The fraction of sp³-hybridized carbons (Fsp3) is 0.423. The molecule has 1 aliphatic heterocycles. The minimum Gasteiger partial charge on any atom is -0.497 e. The van der Waals surface area contributed by atoms with E-state index >= 15 is 0 Å². The van der Waals surface area contributed by atoms with Crippen LogP contribution in [0.3, 0.4) is 0 Å². The molecule has 1 saturated heterocycles. The number of hydrogen-bond donors (Lipinski definition) is 2. The second-order valence-electron chi connectivity index (χ2n) is 8.63. The first kappa shape index (κ1) is 22.7. The van der Waals surface area contributed by atoms with Crippen LogP contribution in [0.15, 0.2) is 58.3 Å². The first-order valence-electron chi connectivity index (χ1n) is 11.5. The molecular formula is C26H33N3O2S. The number of ether oxygens (including phenoxy) is 1. The average Bonchev–Trinajstić information content (AvgIpc) is 3.16. The minimum absolute atomic E-state index is 0.0571. The molecule has 0 bridgehead atoms. The highest BCUT2D eigenvalue weighted by atomic mass is 32.2. The number of aromatic amines is 1. The number of carbonyl (C=O) groups is 1. The van der Waals surface area contributed by atoms with Gasteiger partial charge in [0, 0.05) is 41.5 Å². The Morgan fingerprint density at radius 3 is 2.62 bits per heavy atom. The fourth-order valence-electron chi connectivity index (χ4n) is 4.62. The monoisotopic (exact) mass is 451 g/mol. The zero-order valence-electron chi connectivity index (χ0n) is 19.2. The lowest BCUT2D eigenvalue weighted by molar-refractivity contribution is 0.0919. The summed E-state index contributed by atoms with van der Waals surface area (Å²) in [6.07, 6.45) is 4.82. The molecule has 170 valence electrons. The summed E-state index contributed by atoms with van der Waals surface area (Å²) in [6, 6.07) is 17.3. The van der Waals surface area contributed by atoms with Crippen molar-refractivity contribution in [3.8, 4) is 5.75 Å². The maximum atomic E-state index is 13.2. The van der Waals surface area contributed by atoms with Gasteiger partial charge in [0.15, 0.2) is 0 Å². The molecule has 2 atom stereocenters. The normalized spacial score (nSPS) is 19.2. The molecule has 1 aliphatic rings. The van der Waals surface area contributed by atoms with E-state index in [-0.39, 0.29) is 5.91 Å². The Morgan fingerprint density at radius 1 is 1.16 bits per heavy atom. The zero-order valence-corrected chi connectivity index (χ0v) is 20.0. The second-order valence-corrected chi connectivity index (χ2v) is 9.72. The van der Waals surface area contributed by atoms with E-state index in [9.17, 15) is 4.79 Å². The van der Waals surface area contributed by atoms with Crippen molar-refractivity contribution in [1.82, 2.24) is 15.2 Å². The Kier molecular flexibility index (Phi) is 7.43. The van der Waals surface area contributed by atoms with Gasteiger partial charge in [-0.1, -0.05) is 36.4 Å². The van der Waals surface area contributed by atoms with Crippen LogP contribution in [0.4, 0.5) is 0 Å². The first-order valence-corrected chi connectivity index (χ1v) is 12.3. The van der Waals surface area contributed by atoms with E-state index in [4.69, 9.17) is 4.74 Å². The van der Waals surface area contributed by atoms with Crippen molar-refractivity contribution in [2.45, 2.75) is 61.4 Å². The summed E-state index contributed by atoms with van der Waals surface area (Å²) in [6.45, 7) is 6.33. The molecule has 0 saturated carbocycles. The summed E-state index contributed by atoms with van der Waals surface area (Å²) < 4.78 is 5.37. The molecule has 32 heavy (non-hydrogen) atoms. The summed E-state index contributed by atoms with van der Waals surface area (Å²) in [4.78, 5) is 21.1. The largest absolute Gasteiger partial charge is 0.497 e. The number of fused-ring (bicyclic) bond motifs is 1. The highest BCUT2D eigenvalue weighted by Crippen LogP contribution is 2.37. The number of nitrogens with zero attached hydrogens (tertiary/aromatic N) is 1. The van der Waals surface area contributed by atoms with Crippen molar-refractivity contribution in [2.24, 2.45) is 0 Å². The molecular weight excluding hydrogens is 418 g/mol. The van der Waals surface area contributed by atoms with Gasteiger partial charge < -0.3 is 15.0 Å². The van der Waals surface area contributed by atoms with Gasteiger partial charge >= 0.3 is 0 Å². The summed E-state index contributed by atoms with van der Waals surface area (Å²) in [5.41, 5.74) is 1.52. The lowest BCUT2D eigenvalue weighted by Gasteiger charge is -2.39. The molecule has 0 aliphatic carbocycles. The number of H-pyrrole nitrogens is 1. The molecule has 4 rings (SSSR count). The van der Waals surface area contributed by atoms with Gasteiger partial charge in [-0.3, -0.25) is 9.69 Å². The number of carbonyl (C=O) groups excluding carboxylic acids is 1. The van der Waals surface area contributed by atoms with Gasteiger partial charge in [0.1, 0.15) is 11.4 Å². The SMILES string of the molecule is COc1ccc2c(Sc3ccccc3)c(C(=O)NCCCN3[C@H](C)CCC[C@H]3C)[nH]c2c1. The minimum atomic E-state index is -0.0571. The molecule has 2 heterocycles. The second kappa shape index (κ2) is 10.5. The van der Waals surface area contributed by atoms with E-state index in [1.165, 1.54) is 19.3 Å². The van der Waals surface area contributed by atoms with Gasteiger partial charge in [0.05, 0.1) is 17.5 Å². The van der Waals surface area contributed by atoms with Gasteiger partial charge in [-0.25, -0.2) is 0 Å². The number of likely N-dealkylation sites (tertiary alicyclic amines) is 1. The number of piperidine rings is 1. The van der Waals surface area contributed by atoms with Crippen molar-refractivity contribution in [3.05, 3.63) is 54.2 Å². The number of nitrogens with one attached hydrogen (secondary N) is 2. The van der Waals surface area contributed by atoms with Crippen LogP contribution in [-0.4, -0.2) is 48.1 Å². The van der Waals surface area contributed by atoms with Crippen molar-refractivity contribution in [2.75, 3.05) is 20.2 Å². The number of rotatable bonds is 8. The van der Waals surface area contributed by atoms with Crippen molar-refractivity contribution in [3.63, 3.8) is 0 Å². The van der Waals surface area contributed by atoms with Gasteiger partial charge in [-0.15, -0.1) is 0 Å². The van der Waals surface area contributed by atoms with E-state index in [1.807, 2.05) is 36.4 Å². The Morgan fingerprint density at radius 2 is 1.91 bits per heavy atom. The molecule has 1 aromatic heterocycles. The fourth-order valence-corrected chi connectivity index (χ4v) is 5.68. The summed E-state index contributed by atoms with van der Waals surface area (Å²) in [7, 11) is 1.65. The lowest BCUT2D eigenvalue weighted by atomic mass is 9.97. The van der Waals surface area contributed by atoms with E-state index in [1.54, 1.807) is 18.9 Å². The molecule has 1 amide bonds. The van der Waals surface area contributed by atoms with Gasteiger partial charge in [-0.05, 0) is 57.4 Å². The van der Waals surface area contributed by atoms with Crippen LogP contribution in [0.1, 0.15) is 50.0 Å². The van der Waals surface area contributed by atoms with Crippen molar-refractivity contribution >= 4 is 28.6 Å². The van der Waals surface area contributed by atoms with Crippen LogP contribution in [0, 0.1) is 0 Å². The van der Waals surface area contributed by atoms with Crippen LogP contribution in [0.25, 0.3) is 10.9 Å². The Bertz CT molecular complexity index is 1040. The van der Waals surface area contributed by atoms with Crippen LogP contribution in [0.5, 0.6) is 5.75 Å². The lowest BCUT2D eigenvalue weighted by Crippen LogP contribution is -2.44. The maximum absolute atomic E-state index is 13.2. The van der Waals surface area contributed by atoms with Crippen molar-refractivity contribution < 1.29 is 9.53 Å². The summed E-state index contributed by atoms with van der Waals surface area (Å²) in [5.74, 6) is 0.713. The Labute approximate surface area is 194 Å². The van der Waals surface area contributed by atoms with Crippen LogP contribution in [0.2, 0.25) is 0 Å². The Balaban J connectivity index is 1.48. The predicted molar refractivity (Wildman–Crippen MR) is 132 cm³/mol. The number of amides is 1. The highest BCUT2D eigenvalue weighted by Gasteiger charge is 2.24. The molecule has 3 aromatic rings. The number of benzene rings is 2. The van der Waals surface area contributed by atoms with Gasteiger partial charge in [0.2, 0.25) is 0 Å². The highest BCUT2D eigenvalue weighted by molar-refractivity contribution is 7.99. The molecule has 0 unspecified atom stereocenters. The predicted octanol–water partition coefficient (Wildman–Crippen LogP) is 5.71. The summed E-state index contributed by atoms with van der Waals surface area (Å²) >= 11 is 1.61. The Hall–Kier alpha value is -2.44. The standard InChI is InChI=1S/C26H33N3O2S/c1-18-9-7-10-19(2)29(18)16-8-15-27-26(30)24-25(32-21-11-5-4-6-12-21)22-14-13-20(31-3)17-23(22)28-24/h4-6,11-14,17-19,28H,7-10,15-16H2,1-3H3,(H,27,30)/t18-,19-/m1/s1. The first-order chi connectivity index (χ1) is 15.6. The van der Waals surface area contributed by atoms with E-state index in [0.717, 1.165) is 39.4 Å². The van der Waals surface area contributed by atoms with Crippen LogP contribution in [-0.2, 0) is 0 Å². The van der Waals surface area contributed by atoms with Crippen LogP contribution < -0.4 is 10.1 Å². The summed E-state index contributed by atoms with van der Waals surface area (Å²) in [5, 5.41) is 4.17. The topological polar surface area (TPSA) is 57.4 Å². The molecule has 1 fully saturated rings. The third kappa shape index (κ3) is 5.13. The molecule has 5 nitrogen and oxygen atoms in total. The smallest absolute Gasteiger partial charge is 0.268 e.